The van der Waals surface area contributed by atoms with Gasteiger partial charge in [0.1, 0.15) is 0 Å². The summed E-state index contributed by atoms with van der Waals surface area (Å²) in [6, 6.07) is 7.74. The number of hydrogen-bond donors (Lipinski definition) is 0. The van der Waals surface area contributed by atoms with Gasteiger partial charge in [0.15, 0.2) is 0 Å². The van der Waals surface area contributed by atoms with Crippen molar-refractivity contribution >= 4 is 5.70 Å². The zero-order chi connectivity index (χ0) is 11.1. The Bertz CT molecular complexity index is 373. The molecule has 1 fully saturated rings. The zero-order valence-corrected chi connectivity index (χ0v) is 8.63. The summed E-state index contributed by atoms with van der Waals surface area (Å²) in [7, 11) is 0. The Morgan fingerprint density at radius 1 is 1.27 bits per heavy atom. The van der Waals surface area contributed by atoms with Crippen LogP contribution in [0.25, 0.3) is 5.70 Å². The van der Waals surface area contributed by atoms with E-state index < -0.39 is 5.92 Å². The first-order chi connectivity index (χ1) is 6.98. The first-order valence-electron chi connectivity index (χ1n) is 4.87. The standard InChI is InChI=1S/C12H13F2N/c1-9-3-5-11(6-4-9)10(2)15-7-12(13,14)8-15/h3-6H,2,7-8H2,1H3. The van der Waals surface area contributed by atoms with Gasteiger partial charge in [0, 0.05) is 5.70 Å². The normalized spacial score (nSPS) is 18.5. The highest BCUT2D eigenvalue weighted by Crippen LogP contribution is 2.32. The van der Waals surface area contributed by atoms with Gasteiger partial charge in [-0.2, -0.15) is 0 Å². The van der Waals surface area contributed by atoms with E-state index in [4.69, 9.17) is 0 Å². The number of rotatable bonds is 2. The Morgan fingerprint density at radius 2 is 1.80 bits per heavy atom. The summed E-state index contributed by atoms with van der Waals surface area (Å²) in [5, 5.41) is 0. The molecular weight excluding hydrogens is 196 g/mol. The summed E-state index contributed by atoms with van der Waals surface area (Å²) in [4.78, 5) is 1.60. The van der Waals surface area contributed by atoms with Crippen LogP contribution in [0.5, 0.6) is 0 Å². The van der Waals surface area contributed by atoms with Gasteiger partial charge >= 0.3 is 0 Å². The minimum atomic E-state index is -2.53. The first-order valence-corrected chi connectivity index (χ1v) is 4.87. The Morgan fingerprint density at radius 3 is 2.27 bits per heavy atom. The third kappa shape index (κ3) is 2.01. The molecule has 0 spiro atoms. The predicted molar refractivity (Wildman–Crippen MR) is 56.7 cm³/mol. The number of nitrogens with zero attached hydrogens (tertiary/aromatic N) is 1. The van der Waals surface area contributed by atoms with Gasteiger partial charge in [0.05, 0.1) is 13.1 Å². The predicted octanol–water partition coefficient (Wildman–Crippen LogP) is 2.92. The lowest BCUT2D eigenvalue weighted by Crippen LogP contribution is -2.54. The Balaban J connectivity index is 2.07. The highest BCUT2D eigenvalue weighted by atomic mass is 19.3. The summed E-state index contributed by atoms with van der Waals surface area (Å²) in [6.45, 7) is 5.41. The van der Waals surface area contributed by atoms with Crippen molar-refractivity contribution in [1.29, 1.82) is 0 Å². The fraction of sp³-hybridized carbons (Fsp3) is 0.333. The number of benzene rings is 1. The van der Waals surface area contributed by atoms with E-state index in [1.54, 1.807) is 4.90 Å². The molecule has 1 aromatic carbocycles. The van der Waals surface area contributed by atoms with Gasteiger partial charge in [-0.05, 0) is 12.5 Å². The fourth-order valence-electron chi connectivity index (χ4n) is 1.63. The smallest absolute Gasteiger partial charge is 0.282 e. The lowest BCUT2D eigenvalue weighted by atomic mass is 10.0. The summed E-state index contributed by atoms with van der Waals surface area (Å²) < 4.78 is 25.3. The van der Waals surface area contributed by atoms with Crippen LogP contribution < -0.4 is 0 Å². The van der Waals surface area contributed by atoms with Gasteiger partial charge in [-0.1, -0.05) is 36.4 Å². The molecule has 1 aliphatic rings. The Labute approximate surface area is 88.0 Å². The maximum Gasteiger partial charge on any atom is 0.282 e. The molecule has 0 atom stereocenters. The quantitative estimate of drug-likeness (QED) is 0.723. The minimum absolute atomic E-state index is 0.209. The summed E-state index contributed by atoms with van der Waals surface area (Å²) in [5.74, 6) is -2.53. The van der Waals surface area contributed by atoms with E-state index in [9.17, 15) is 8.78 Å². The average molecular weight is 209 g/mol. The Kier molecular flexibility index (Phi) is 2.25. The summed E-state index contributed by atoms with van der Waals surface area (Å²) >= 11 is 0. The average Bonchev–Trinajstić information content (AvgIpc) is 2.14. The van der Waals surface area contributed by atoms with Crippen LogP contribution in [-0.2, 0) is 0 Å². The largest absolute Gasteiger partial charge is 0.359 e. The number of alkyl halides is 2. The van der Waals surface area contributed by atoms with E-state index in [2.05, 4.69) is 6.58 Å². The van der Waals surface area contributed by atoms with E-state index in [0.717, 1.165) is 11.1 Å². The van der Waals surface area contributed by atoms with Crippen LogP contribution in [0.15, 0.2) is 30.8 Å². The first kappa shape index (κ1) is 10.1. The van der Waals surface area contributed by atoms with Crippen molar-refractivity contribution in [3.63, 3.8) is 0 Å². The maximum atomic E-state index is 12.6. The molecule has 1 aromatic rings. The van der Waals surface area contributed by atoms with Crippen LogP contribution in [0, 0.1) is 6.92 Å². The van der Waals surface area contributed by atoms with Gasteiger partial charge < -0.3 is 4.90 Å². The van der Waals surface area contributed by atoms with Crippen molar-refractivity contribution in [3.8, 4) is 0 Å². The molecule has 0 saturated carbocycles. The van der Waals surface area contributed by atoms with Crippen LogP contribution in [0.1, 0.15) is 11.1 Å². The van der Waals surface area contributed by atoms with Crippen LogP contribution in [0.3, 0.4) is 0 Å². The number of likely N-dealkylation sites (tertiary alicyclic amines) is 1. The molecule has 1 heterocycles. The Hall–Kier alpha value is -1.38. The van der Waals surface area contributed by atoms with E-state index >= 15 is 0 Å². The number of hydrogen-bond acceptors (Lipinski definition) is 1. The maximum absolute atomic E-state index is 12.6. The van der Waals surface area contributed by atoms with Gasteiger partial charge in [-0.25, -0.2) is 8.78 Å². The SMILES string of the molecule is C=C(c1ccc(C)cc1)N1CC(F)(F)C1. The van der Waals surface area contributed by atoms with Gasteiger partial charge in [-0.15, -0.1) is 0 Å². The highest BCUT2D eigenvalue weighted by Gasteiger charge is 2.44. The molecule has 15 heavy (non-hydrogen) atoms. The van der Waals surface area contributed by atoms with Crippen LogP contribution >= 0.6 is 0 Å². The second-order valence-electron chi connectivity index (χ2n) is 4.02. The second kappa shape index (κ2) is 3.33. The molecule has 1 nitrogen and oxygen atoms in total. The molecular formula is C12H13F2N. The summed E-state index contributed by atoms with van der Waals surface area (Å²) in [5.41, 5.74) is 2.75. The van der Waals surface area contributed by atoms with Gasteiger partial charge in [0.2, 0.25) is 0 Å². The molecule has 0 radical (unpaired) electrons. The molecule has 1 saturated heterocycles. The van der Waals surface area contributed by atoms with E-state index in [0.29, 0.717) is 5.70 Å². The third-order valence-electron chi connectivity index (χ3n) is 2.61. The van der Waals surface area contributed by atoms with Crippen molar-refractivity contribution in [3.05, 3.63) is 42.0 Å². The minimum Gasteiger partial charge on any atom is -0.359 e. The van der Waals surface area contributed by atoms with Crippen LogP contribution in [-0.4, -0.2) is 23.9 Å². The van der Waals surface area contributed by atoms with E-state index in [1.807, 2.05) is 31.2 Å². The molecule has 3 heteroatoms. The molecule has 0 aromatic heterocycles. The molecule has 0 bridgehead atoms. The highest BCUT2D eigenvalue weighted by molar-refractivity contribution is 5.63. The van der Waals surface area contributed by atoms with Crippen LogP contribution in [0.4, 0.5) is 8.78 Å². The van der Waals surface area contributed by atoms with Crippen molar-refractivity contribution in [2.24, 2.45) is 0 Å². The molecule has 0 amide bonds. The van der Waals surface area contributed by atoms with E-state index in [-0.39, 0.29) is 13.1 Å². The lowest BCUT2D eigenvalue weighted by molar-refractivity contribution is -0.105. The van der Waals surface area contributed by atoms with Crippen molar-refractivity contribution < 1.29 is 8.78 Å². The third-order valence-corrected chi connectivity index (χ3v) is 2.61. The number of halogens is 2. The molecule has 1 aliphatic heterocycles. The van der Waals surface area contributed by atoms with Gasteiger partial charge in [-0.3, -0.25) is 0 Å². The lowest BCUT2D eigenvalue weighted by Gasteiger charge is -2.41. The molecule has 2 rings (SSSR count). The second-order valence-corrected chi connectivity index (χ2v) is 4.02. The van der Waals surface area contributed by atoms with E-state index in [1.165, 1.54) is 0 Å². The molecule has 0 N–H and O–H groups in total. The van der Waals surface area contributed by atoms with Gasteiger partial charge in [0.25, 0.3) is 5.92 Å². The van der Waals surface area contributed by atoms with Crippen molar-refractivity contribution in [2.75, 3.05) is 13.1 Å². The fourth-order valence-corrected chi connectivity index (χ4v) is 1.63. The topological polar surface area (TPSA) is 3.24 Å². The summed E-state index contributed by atoms with van der Waals surface area (Å²) in [6.07, 6.45) is 0. The zero-order valence-electron chi connectivity index (χ0n) is 8.63. The molecule has 0 unspecified atom stereocenters. The molecule has 80 valence electrons. The van der Waals surface area contributed by atoms with Crippen molar-refractivity contribution in [2.45, 2.75) is 12.8 Å². The van der Waals surface area contributed by atoms with Crippen LogP contribution in [0.2, 0.25) is 0 Å². The molecule has 0 aliphatic carbocycles. The monoisotopic (exact) mass is 209 g/mol. The van der Waals surface area contributed by atoms with Crippen molar-refractivity contribution in [1.82, 2.24) is 4.90 Å². The number of aryl methyl sites for hydroxylation is 1.